The lowest BCUT2D eigenvalue weighted by Gasteiger charge is -2.53. The third-order valence-corrected chi connectivity index (χ3v) is 8.40. The fraction of sp³-hybridized carbons (Fsp3) is 0.750. The van der Waals surface area contributed by atoms with Gasteiger partial charge in [-0.05, 0) is 90.9 Å². The Labute approximate surface area is 202 Å². The van der Waals surface area contributed by atoms with Crippen molar-refractivity contribution in [3.05, 3.63) is 35.9 Å². The van der Waals surface area contributed by atoms with Crippen molar-refractivity contribution in [2.45, 2.75) is 88.8 Å². The topological polar surface area (TPSA) is 47.6 Å². The van der Waals surface area contributed by atoms with E-state index in [2.05, 4.69) is 78.6 Å². The van der Waals surface area contributed by atoms with Gasteiger partial charge in [-0.2, -0.15) is 0 Å². The Kier molecular flexibility index (Phi) is 8.99. The predicted molar refractivity (Wildman–Crippen MR) is 138 cm³/mol. The lowest BCUT2D eigenvalue weighted by atomic mass is 9.68. The summed E-state index contributed by atoms with van der Waals surface area (Å²) in [5.74, 6) is 0.685. The molecule has 0 unspecified atom stereocenters. The third-order valence-electron chi connectivity index (χ3n) is 8.40. The first-order valence-electron chi connectivity index (χ1n) is 13.2. The summed E-state index contributed by atoms with van der Waals surface area (Å²) in [7, 11) is 4.26. The Bertz CT molecular complexity index is 723. The summed E-state index contributed by atoms with van der Waals surface area (Å²) in [4.78, 5) is 17.2. The number of nitrogens with zero attached hydrogens (tertiary/aromatic N) is 2. The van der Waals surface area contributed by atoms with Gasteiger partial charge >= 0.3 is 0 Å². The fourth-order valence-corrected chi connectivity index (χ4v) is 5.98. The van der Waals surface area contributed by atoms with Gasteiger partial charge in [-0.3, -0.25) is 4.79 Å². The maximum atomic E-state index is 12.5. The molecule has 1 aromatic rings. The second kappa shape index (κ2) is 11.3. The first-order valence-corrected chi connectivity index (χ1v) is 13.2. The number of hydrogen-bond acceptors (Lipinski definition) is 4. The number of likely N-dealkylation sites (N-methyl/N-ethyl adjacent to an activating group) is 2. The van der Waals surface area contributed by atoms with E-state index < -0.39 is 0 Å². The van der Waals surface area contributed by atoms with Crippen molar-refractivity contribution < 1.29 is 4.79 Å². The van der Waals surface area contributed by atoms with Crippen LogP contribution < -0.4 is 10.6 Å². The van der Waals surface area contributed by atoms with Crippen LogP contribution in [-0.2, 0) is 10.3 Å². The average molecular weight is 457 g/mol. The predicted octanol–water partition coefficient (Wildman–Crippen LogP) is 4.38. The Hall–Kier alpha value is -1.43. The van der Waals surface area contributed by atoms with Crippen LogP contribution in [-0.4, -0.2) is 67.6 Å². The van der Waals surface area contributed by atoms with Crippen LogP contribution in [0.2, 0.25) is 0 Å². The van der Waals surface area contributed by atoms with E-state index in [1.54, 1.807) is 0 Å². The van der Waals surface area contributed by atoms with Gasteiger partial charge in [0.15, 0.2) is 0 Å². The quantitative estimate of drug-likeness (QED) is 0.433. The molecule has 2 aliphatic rings. The molecule has 5 heteroatoms. The maximum Gasteiger partial charge on any atom is 0.210 e. The van der Waals surface area contributed by atoms with Crippen LogP contribution in [0, 0.1) is 5.92 Å². The number of carbonyl (C=O) groups is 1. The molecule has 2 aliphatic carbocycles. The zero-order valence-corrected chi connectivity index (χ0v) is 21.8. The van der Waals surface area contributed by atoms with Crippen LogP contribution in [0.3, 0.4) is 0 Å². The zero-order valence-electron chi connectivity index (χ0n) is 21.8. The van der Waals surface area contributed by atoms with E-state index in [9.17, 15) is 4.79 Å². The van der Waals surface area contributed by atoms with Crippen molar-refractivity contribution in [3.63, 3.8) is 0 Å². The molecule has 33 heavy (non-hydrogen) atoms. The normalized spacial score (nSPS) is 26.2. The van der Waals surface area contributed by atoms with E-state index in [1.807, 2.05) is 7.05 Å². The fourth-order valence-electron chi connectivity index (χ4n) is 5.98. The minimum absolute atomic E-state index is 0.00854. The number of nitrogens with one attached hydrogen (secondary N) is 2. The molecule has 2 saturated carbocycles. The first kappa shape index (κ1) is 26.2. The molecule has 186 valence electrons. The minimum Gasteiger partial charge on any atom is -0.338 e. The van der Waals surface area contributed by atoms with E-state index in [0.29, 0.717) is 5.92 Å². The van der Waals surface area contributed by atoms with Gasteiger partial charge in [0.1, 0.15) is 0 Å². The van der Waals surface area contributed by atoms with Gasteiger partial charge in [0.25, 0.3) is 0 Å². The number of carbonyl (C=O) groups excluding carboxylic acids is 1. The molecule has 2 fully saturated rings. The van der Waals surface area contributed by atoms with Gasteiger partial charge in [0.05, 0.1) is 5.54 Å². The number of rotatable bonds is 13. The molecule has 0 spiro atoms. The second-order valence-electron chi connectivity index (χ2n) is 11.5. The molecule has 0 saturated heterocycles. The molecule has 0 atom stereocenters. The molecule has 1 amide bonds. The molecule has 0 bridgehead atoms. The Morgan fingerprint density at radius 2 is 1.79 bits per heavy atom. The number of hydrogen-bond donors (Lipinski definition) is 2. The Morgan fingerprint density at radius 1 is 1.12 bits per heavy atom. The van der Waals surface area contributed by atoms with Crippen molar-refractivity contribution in [2.24, 2.45) is 5.92 Å². The van der Waals surface area contributed by atoms with Gasteiger partial charge in [-0.25, -0.2) is 0 Å². The average Bonchev–Trinajstić information content (AvgIpc) is 2.78. The van der Waals surface area contributed by atoms with E-state index >= 15 is 0 Å². The van der Waals surface area contributed by atoms with Gasteiger partial charge in [0, 0.05) is 30.7 Å². The molecule has 0 heterocycles. The van der Waals surface area contributed by atoms with Crippen molar-refractivity contribution in [3.8, 4) is 0 Å². The summed E-state index contributed by atoms with van der Waals surface area (Å²) in [6, 6.07) is 11.0. The lowest BCUT2D eigenvalue weighted by molar-refractivity contribution is -0.129. The molecule has 0 radical (unpaired) electrons. The second-order valence-corrected chi connectivity index (χ2v) is 11.5. The summed E-state index contributed by atoms with van der Waals surface area (Å²) in [5, 5.41) is 7.37. The molecule has 3 rings (SSSR count). The van der Waals surface area contributed by atoms with Crippen LogP contribution in [0.25, 0.3) is 0 Å². The lowest BCUT2D eigenvalue weighted by Crippen LogP contribution is -2.62. The minimum atomic E-state index is -0.0952. The van der Waals surface area contributed by atoms with Crippen molar-refractivity contribution in [2.75, 3.05) is 40.3 Å². The number of amides is 1. The van der Waals surface area contributed by atoms with Gasteiger partial charge in [-0.1, -0.05) is 43.7 Å². The molecular weight excluding hydrogens is 408 g/mol. The van der Waals surface area contributed by atoms with E-state index in [1.165, 1.54) is 31.2 Å². The molecule has 1 aromatic carbocycles. The maximum absolute atomic E-state index is 12.5. The summed E-state index contributed by atoms with van der Waals surface area (Å²) in [6.45, 7) is 10.6. The van der Waals surface area contributed by atoms with Crippen molar-refractivity contribution in [1.82, 2.24) is 20.4 Å². The van der Waals surface area contributed by atoms with E-state index in [0.717, 1.165) is 58.3 Å². The van der Waals surface area contributed by atoms with Crippen LogP contribution in [0.1, 0.15) is 77.7 Å². The molecule has 2 N–H and O–H groups in total. The van der Waals surface area contributed by atoms with Crippen molar-refractivity contribution in [1.29, 1.82) is 0 Å². The number of benzene rings is 1. The molecule has 5 nitrogen and oxygen atoms in total. The largest absolute Gasteiger partial charge is 0.338 e. The standard InChI is InChI=1S/C28H48N4O/c1-6-19-30-28(25-13-8-7-9-14-25)17-15-27(16-18-28,22-31(5)21-26(2,3)29-4)32(23-33)20-24-11-10-12-24/h7-9,13-14,23-24,29-30H,6,10-12,15-22H2,1-5H3/t27-,28+. The highest BCUT2D eigenvalue weighted by atomic mass is 16.1. The third kappa shape index (κ3) is 6.37. The smallest absolute Gasteiger partial charge is 0.210 e. The first-order chi connectivity index (χ1) is 15.8. The Balaban J connectivity index is 1.84. The van der Waals surface area contributed by atoms with Crippen molar-refractivity contribution >= 4 is 6.41 Å². The summed E-state index contributed by atoms with van der Waals surface area (Å²) in [5.41, 5.74) is 1.35. The zero-order chi connectivity index (χ0) is 24.0. The van der Waals surface area contributed by atoms with Crippen LogP contribution in [0.5, 0.6) is 0 Å². The van der Waals surface area contributed by atoms with Crippen LogP contribution >= 0.6 is 0 Å². The summed E-state index contributed by atoms with van der Waals surface area (Å²) < 4.78 is 0. The summed E-state index contributed by atoms with van der Waals surface area (Å²) in [6.07, 6.45) is 10.4. The van der Waals surface area contributed by atoms with Crippen LogP contribution in [0.15, 0.2) is 30.3 Å². The molecule has 0 aliphatic heterocycles. The van der Waals surface area contributed by atoms with Crippen LogP contribution in [0.4, 0.5) is 0 Å². The monoisotopic (exact) mass is 456 g/mol. The summed E-state index contributed by atoms with van der Waals surface area (Å²) >= 11 is 0. The molecule has 0 aromatic heterocycles. The van der Waals surface area contributed by atoms with E-state index in [-0.39, 0.29) is 16.6 Å². The van der Waals surface area contributed by atoms with Gasteiger partial charge in [0.2, 0.25) is 6.41 Å². The SMILES string of the molecule is CCCN[C@]1(c2ccccc2)CC[C@](CN(C)CC(C)(C)NC)(N(C=O)CC2CCC2)CC1. The highest BCUT2D eigenvalue weighted by Gasteiger charge is 2.47. The van der Waals surface area contributed by atoms with Gasteiger partial charge in [-0.15, -0.1) is 0 Å². The van der Waals surface area contributed by atoms with E-state index in [4.69, 9.17) is 0 Å². The van der Waals surface area contributed by atoms with Gasteiger partial charge < -0.3 is 20.4 Å². The highest BCUT2D eigenvalue weighted by Crippen LogP contribution is 2.45. The Morgan fingerprint density at radius 3 is 2.30 bits per heavy atom. The molecular formula is C28H48N4O. The highest BCUT2D eigenvalue weighted by molar-refractivity contribution is 5.49.